The van der Waals surface area contributed by atoms with E-state index in [9.17, 15) is 4.79 Å². The van der Waals surface area contributed by atoms with E-state index >= 15 is 0 Å². The fourth-order valence-electron chi connectivity index (χ4n) is 2.10. The summed E-state index contributed by atoms with van der Waals surface area (Å²) in [5.41, 5.74) is 6.76. The van der Waals surface area contributed by atoms with Crippen molar-refractivity contribution in [1.82, 2.24) is 9.88 Å². The van der Waals surface area contributed by atoms with E-state index in [2.05, 4.69) is 18.8 Å². The minimum absolute atomic E-state index is 0.145. The van der Waals surface area contributed by atoms with Crippen LogP contribution in [0.2, 0.25) is 0 Å². The fourth-order valence-corrected chi connectivity index (χ4v) is 2.10. The van der Waals surface area contributed by atoms with E-state index in [1.165, 1.54) is 0 Å². The van der Waals surface area contributed by atoms with Crippen LogP contribution in [0.1, 0.15) is 38.8 Å². The van der Waals surface area contributed by atoms with Crippen molar-refractivity contribution in [1.29, 1.82) is 0 Å². The minimum Gasteiger partial charge on any atom is -0.345 e. The van der Waals surface area contributed by atoms with Crippen molar-refractivity contribution in [3.63, 3.8) is 0 Å². The average molecular weight is 277 g/mol. The zero-order valence-electron chi connectivity index (χ0n) is 12.9. The Morgan fingerprint density at radius 1 is 1.35 bits per heavy atom. The molecule has 1 amide bonds. The number of amides is 1. The van der Waals surface area contributed by atoms with Crippen molar-refractivity contribution in [3.05, 3.63) is 30.1 Å². The maximum Gasteiger partial charge on any atom is 0.222 e. The Labute approximate surface area is 122 Å². The molecule has 0 atom stereocenters. The number of nitrogens with zero attached hydrogens (tertiary/aromatic N) is 2. The van der Waals surface area contributed by atoms with Crippen molar-refractivity contribution >= 4 is 5.91 Å². The molecule has 4 heteroatoms. The molecule has 0 aliphatic heterocycles. The Hall–Kier alpha value is -1.42. The van der Waals surface area contributed by atoms with Gasteiger partial charge in [-0.25, -0.2) is 0 Å². The second-order valence-electron chi connectivity index (χ2n) is 6.09. The summed E-state index contributed by atoms with van der Waals surface area (Å²) in [7, 11) is 1.86. The Morgan fingerprint density at radius 2 is 2.10 bits per heavy atom. The highest BCUT2D eigenvalue weighted by atomic mass is 16.2. The first-order valence-electron chi connectivity index (χ1n) is 7.28. The molecule has 112 valence electrons. The van der Waals surface area contributed by atoms with Gasteiger partial charge in [0.2, 0.25) is 5.91 Å². The van der Waals surface area contributed by atoms with Gasteiger partial charge in [0.15, 0.2) is 0 Å². The number of carbonyl (C=O) groups is 1. The maximum atomic E-state index is 12.1. The number of hydrogen-bond donors (Lipinski definition) is 1. The lowest BCUT2D eigenvalue weighted by Gasteiger charge is -2.25. The zero-order chi connectivity index (χ0) is 15.0. The van der Waals surface area contributed by atoms with Crippen LogP contribution in [-0.4, -0.2) is 35.9 Å². The second-order valence-corrected chi connectivity index (χ2v) is 6.09. The minimum atomic E-state index is 0.145. The van der Waals surface area contributed by atoms with E-state index in [-0.39, 0.29) is 11.3 Å². The van der Waals surface area contributed by atoms with E-state index in [1.807, 2.05) is 25.2 Å². The average Bonchev–Trinajstić information content (AvgIpc) is 2.43. The highest BCUT2D eigenvalue weighted by Crippen LogP contribution is 2.26. The Kier molecular flexibility index (Phi) is 6.65. The quantitative estimate of drug-likeness (QED) is 0.792. The standard InChI is InChI=1S/C16H27N3O/c1-16(2,10-11-17)9-7-15(20)19(3)13-8-14-6-4-5-12-18-14/h4-6,12H,7-11,13,17H2,1-3H3. The highest BCUT2D eigenvalue weighted by Gasteiger charge is 2.19. The lowest BCUT2D eigenvalue weighted by molar-refractivity contribution is -0.130. The summed E-state index contributed by atoms with van der Waals surface area (Å²) in [4.78, 5) is 18.2. The molecule has 0 unspecified atom stereocenters. The number of rotatable bonds is 8. The molecular formula is C16H27N3O. The van der Waals surface area contributed by atoms with Gasteiger partial charge >= 0.3 is 0 Å². The Bertz CT molecular complexity index is 403. The molecule has 1 aromatic rings. The Balaban J connectivity index is 2.32. The van der Waals surface area contributed by atoms with Gasteiger partial charge < -0.3 is 10.6 Å². The molecule has 0 fully saturated rings. The summed E-state index contributed by atoms with van der Waals surface area (Å²) in [6.45, 7) is 5.73. The SMILES string of the molecule is CN(CCc1ccccn1)C(=O)CCC(C)(C)CCN. The van der Waals surface area contributed by atoms with E-state index in [4.69, 9.17) is 5.73 Å². The van der Waals surface area contributed by atoms with Crippen molar-refractivity contribution in [2.24, 2.45) is 11.1 Å². The first-order valence-corrected chi connectivity index (χ1v) is 7.28. The molecule has 1 aromatic heterocycles. The van der Waals surface area contributed by atoms with Gasteiger partial charge in [0.25, 0.3) is 0 Å². The van der Waals surface area contributed by atoms with Gasteiger partial charge in [-0.2, -0.15) is 0 Å². The van der Waals surface area contributed by atoms with E-state index in [0.717, 1.165) is 25.0 Å². The first-order chi connectivity index (χ1) is 9.44. The summed E-state index contributed by atoms with van der Waals surface area (Å²) in [6, 6.07) is 5.86. The van der Waals surface area contributed by atoms with E-state index < -0.39 is 0 Å². The molecule has 4 nitrogen and oxygen atoms in total. The van der Waals surface area contributed by atoms with Gasteiger partial charge in [-0.05, 0) is 36.9 Å². The second kappa shape index (κ2) is 8.00. The van der Waals surface area contributed by atoms with Gasteiger partial charge in [-0.3, -0.25) is 9.78 Å². The summed E-state index contributed by atoms with van der Waals surface area (Å²) in [6.07, 6.45) is 5.02. The summed E-state index contributed by atoms with van der Waals surface area (Å²) >= 11 is 0. The summed E-state index contributed by atoms with van der Waals surface area (Å²) in [5.74, 6) is 0.200. The van der Waals surface area contributed by atoms with Crippen LogP contribution < -0.4 is 5.73 Å². The summed E-state index contributed by atoms with van der Waals surface area (Å²) in [5, 5.41) is 0. The van der Waals surface area contributed by atoms with Gasteiger partial charge in [-0.15, -0.1) is 0 Å². The molecule has 1 heterocycles. The van der Waals surface area contributed by atoms with Crippen LogP contribution in [0, 0.1) is 5.41 Å². The van der Waals surface area contributed by atoms with Crippen LogP contribution in [0.15, 0.2) is 24.4 Å². The van der Waals surface area contributed by atoms with Crippen molar-refractivity contribution in [3.8, 4) is 0 Å². The monoisotopic (exact) mass is 277 g/mol. The largest absolute Gasteiger partial charge is 0.345 e. The molecule has 0 saturated heterocycles. The van der Waals surface area contributed by atoms with Crippen LogP contribution in [0.3, 0.4) is 0 Å². The molecule has 0 radical (unpaired) electrons. The van der Waals surface area contributed by atoms with Crippen LogP contribution in [0.4, 0.5) is 0 Å². The number of likely N-dealkylation sites (N-methyl/N-ethyl adjacent to an activating group) is 1. The molecule has 0 aliphatic rings. The molecule has 0 saturated carbocycles. The normalized spacial score (nSPS) is 11.4. The van der Waals surface area contributed by atoms with Crippen LogP contribution in [0.5, 0.6) is 0 Å². The smallest absolute Gasteiger partial charge is 0.222 e. The van der Waals surface area contributed by atoms with Crippen LogP contribution in [0.25, 0.3) is 0 Å². The zero-order valence-corrected chi connectivity index (χ0v) is 12.9. The van der Waals surface area contributed by atoms with Gasteiger partial charge in [0.1, 0.15) is 0 Å². The number of nitrogens with two attached hydrogens (primary N) is 1. The summed E-state index contributed by atoms with van der Waals surface area (Å²) < 4.78 is 0. The Morgan fingerprint density at radius 3 is 2.70 bits per heavy atom. The number of pyridine rings is 1. The van der Waals surface area contributed by atoms with Crippen LogP contribution in [-0.2, 0) is 11.2 Å². The first kappa shape index (κ1) is 16.6. The number of carbonyl (C=O) groups excluding carboxylic acids is 1. The molecule has 0 aromatic carbocycles. The topological polar surface area (TPSA) is 59.2 Å². The third kappa shape index (κ3) is 6.15. The van der Waals surface area contributed by atoms with Crippen molar-refractivity contribution < 1.29 is 4.79 Å². The van der Waals surface area contributed by atoms with Crippen molar-refractivity contribution in [2.75, 3.05) is 20.1 Å². The van der Waals surface area contributed by atoms with Gasteiger partial charge in [0, 0.05) is 38.3 Å². The third-order valence-corrected chi connectivity index (χ3v) is 3.69. The highest BCUT2D eigenvalue weighted by molar-refractivity contribution is 5.75. The lowest BCUT2D eigenvalue weighted by Crippen LogP contribution is -2.30. The molecule has 1 rings (SSSR count). The molecule has 0 spiro atoms. The fraction of sp³-hybridized carbons (Fsp3) is 0.625. The third-order valence-electron chi connectivity index (χ3n) is 3.69. The van der Waals surface area contributed by atoms with Gasteiger partial charge in [0.05, 0.1) is 0 Å². The van der Waals surface area contributed by atoms with E-state index in [0.29, 0.717) is 19.5 Å². The van der Waals surface area contributed by atoms with Gasteiger partial charge in [-0.1, -0.05) is 19.9 Å². The molecule has 0 aliphatic carbocycles. The predicted octanol–water partition coefficient (Wildman–Crippen LogP) is 2.24. The maximum absolute atomic E-state index is 12.1. The molecule has 20 heavy (non-hydrogen) atoms. The molecule has 2 N–H and O–H groups in total. The predicted molar refractivity (Wildman–Crippen MR) is 82.3 cm³/mol. The van der Waals surface area contributed by atoms with E-state index in [1.54, 1.807) is 11.1 Å². The number of aromatic nitrogens is 1. The molecule has 0 bridgehead atoms. The van der Waals surface area contributed by atoms with Crippen LogP contribution >= 0.6 is 0 Å². The molecular weight excluding hydrogens is 250 g/mol. The van der Waals surface area contributed by atoms with Crippen molar-refractivity contribution in [2.45, 2.75) is 39.5 Å². The lowest BCUT2D eigenvalue weighted by atomic mass is 9.84. The number of hydrogen-bond acceptors (Lipinski definition) is 3.